The van der Waals surface area contributed by atoms with Crippen molar-refractivity contribution in [1.29, 1.82) is 0 Å². The second kappa shape index (κ2) is 6.08. The minimum absolute atomic E-state index is 0.109. The average molecular weight is 321 g/mol. The van der Waals surface area contributed by atoms with Crippen molar-refractivity contribution < 1.29 is 14.3 Å². The molecule has 1 fully saturated rings. The Morgan fingerprint density at radius 1 is 1.45 bits per heavy atom. The highest BCUT2D eigenvalue weighted by atomic mass is 32.1. The number of hydrogen-bond donors (Lipinski definition) is 0. The number of piperidine rings is 1. The smallest absolute Gasteiger partial charge is 0.310 e. The number of carbonyl (C=O) groups excluding carboxylic acids is 2. The Labute approximate surface area is 132 Å². The lowest BCUT2D eigenvalue weighted by molar-refractivity contribution is -0.149. The summed E-state index contributed by atoms with van der Waals surface area (Å²) in [5, 5.41) is 0. The van der Waals surface area contributed by atoms with Crippen LogP contribution in [-0.2, 0) is 9.53 Å². The summed E-state index contributed by atoms with van der Waals surface area (Å²) in [6.07, 6.45) is 5.31. The second-order valence-electron chi connectivity index (χ2n) is 5.50. The minimum Gasteiger partial charge on any atom is -0.466 e. The molecule has 0 spiro atoms. The predicted molar refractivity (Wildman–Crippen MR) is 83.1 cm³/mol. The highest BCUT2D eigenvalue weighted by Gasteiger charge is 2.30. The van der Waals surface area contributed by atoms with Crippen molar-refractivity contribution in [3.05, 3.63) is 23.0 Å². The van der Waals surface area contributed by atoms with Crippen molar-refractivity contribution >= 4 is 28.2 Å². The molecule has 0 aliphatic carbocycles. The van der Waals surface area contributed by atoms with Crippen LogP contribution < -0.4 is 0 Å². The number of esters is 1. The van der Waals surface area contributed by atoms with Crippen LogP contribution in [0.25, 0.3) is 4.96 Å². The van der Waals surface area contributed by atoms with Crippen molar-refractivity contribution in [2.75, 3.05) is 19.7 Å². The number of fused-ring (bicyclic) bond motifs is 1. The summed E-state index contributed by atoms with van der Waals surface area (Å²) < 4.78 is 6.94. The first-order valence-electron chi connectivity index (χ1n) is 7.49. The highest BCUT2D eigenvalue weighted by molar-refractivity contribution is 7.17. The van der Waals surface area contributed by atoms with Crippen LogP contribution in [0.2, 0.25) is 0 Å². The number of amides is 1. The molecular formula is C15H19N3O3S. The molecule has 1 unspecified atom stereocenters. The summed E-state index contributed by atoms with van der Waals surface area (Å²) in [7, 11) is 0. The zero-order valence-electron chi connectivity index (χ0n) is 12.7. The molecule has 6 nitrogen and oxygen atoms in total. The van der Waals surface area contributed by atoms with Gasteiger partial charge in [-0.25, -0.2) is 4.98 Å². The molecule has 1 atom stereocenters. The second-order valence-corrected chi connectivity index (χ2v) is 6.71. The molecule has 2 aromatic heterocycles. The molecule has 0 bridgehead atoms. The van der Waals surface area contributed by atoms with E-state index in [1.54, 1.807) is 29.4 Å². The lowest BCUT2D eigenvalue weighted by Gasteiger charge is -2.31. The number of nitrogens with zero attached hydrogens (tertiary/aromatic N) is 3. The number of thiazole rings is 1. The van der Waals surface area contributed by atoms with Crippen LogP contribution in [0.1, 0.15) is 35.1 Å². The molecular weight excluding hydrogens is 302 g/mol. The van der Waals surface area contributed by atoms with Crippen LogP contribution in [-0.4, -0.2) is 45.9 Å². The van der Waals surface area contributed by atoms with Gasteiger partial charge in [-0.15, -0.1) is 11.3 Å². The van der Waals surface area contributed by atoms with Gasteiger partial charge in [0.25, 0.3) is 5.91 Å². The summed E-state index contributed by atoms with van der Waals surface area (Å²) in [5.74, 6) is -0.535. The maximum absolute atomic E-state index is 12.6. The molecule has 3 rings (SSSR count). The standard InChI is InChI=1S/C15H19N3O3S/c1-3-21-14(20)11-5-4-6-17(8-11)13(19)12-9-18-7-10(2)22-15(18)16-12/h7,9,11H,3-6,8H2,1-2H3. The van der Waals surface area contributed by atoms with Crippen molar-refractivity contribution in [1.82, 2.24) is 14.3 Å². The monoisotopic (exact) mass is 321 g/mol. The van der Waals surface area contributed by atoms with Gasteiger partial charge in [0.2, 0.25) is 0 Å². The van der Waals surface area contributed by atoms with Crippen LogP contribution >= 0.6 is 11.3 Å². The minimum atomic E-state index is -0.219. The van der Waals surface area contributed by atoms with Gasteiger partial charge in [0.15, 0.2) is 4.96 Å². The maximum atomic E-state index is 12.6. The molecule has 0 N–H and O–H groups in total. The molecule has 7 heteroatoms. The van der Waals surface area contributed by atoms with Gasteiger partial charge in [-0.3, -0.25) is 14.0 Å². The van der Waals surface area contributed by atoms with Gasteiger partial charge in [0, 0.05) is 30.4 Å². The van der Waals surface area contributed by atoms with E-state index in [2.05, 4.69) is 4.98 Å². The van der Waals surface area contributed by atoms with Crippen molar-refractivity contribution in [3.8, 4) is 0 Å². The molecule has 118 valence electrons. The third-order valence-corrected chi connectivity index (χ3v) is 4.73. The van der Waals surface area contributed by atoms with Gasteiger partial charge in [-0.2, -0.15) is 0 Å². The lowest BCUT2D eigenvalue weighted by Crippen LogP contribution is -2.43. The van der Waals surface area contributed by atoms with Gasteiger partial charge in [-0.1, -0.05) is 0 Å². The van der Waals surface area contributed by atoms with E-state index >= 15 is 0 Å². The largest absolute Gasteiger partial charge is 0.466 e. The van der Waals surface area contributed by atoms with E-state index in [1.165, 1.54) is 0 Å². The van der Waals surface area contributed by atoms with Crippen molar-refractivity contribution in [2.24, 2.45) is 5.92 Å². The molecule has 1 aliphatic heterocycles. The lowest BCUT2D eigenvalue weighted by atomic mass is 9.98. The van der Waals surface area contributed by atoms with E-state index in [-0.39, 0.29) is 17.8 Å². The molecule has 0 aromatic carbocycles. The number of rotatable bonds is 3. The van der Waals surface area contributed by atoms with Crippen LogP contribution in [0.3, 0.4) is 0 Å². The van der Waals surface area contributed by atoms with Gasteiger partial charge < -0.3 is 9.64 Å². The van der Waals surface area contributed by atoms with E-state index in [9.17, 15) is 9.59 Å². The van der Waals surface area contributed by atoms with E-state index in [1.807, 2.05) is 17.5 Å². The fourth-order valence-electron chi connectivity index (χ4n) is 2.79. The average Bonchev–Trinajstić information content (AvgIpc) is 3.04. The van der Waals surface area contributed by atoms with Crippen LogP contribution in [0, 0.1) is 12.8 Å². The summed E-state index contributed by atoms with van der Waals surface area (Å²) in [6, 6.07) is 0. The summed E-state index contributed by atoms with van der Waals surface area (Å²) in [5.41, 5.74) is 0.441. The summed E-state index contributed by atoms with van der Waals surface area (Å²) in [6.45, 7) is 5.26. The zero-order valence-corrected chi connectivity index (χ0v) is 13.6. The van der Waals surface area contributed by atoms with Crippen molar-refractivity contribution in [2.45, 2.75) is 26.7 Å². The van der Waals surface area contributed by atoms with Gasteiger partial charge in [-0.05, 0) is 26.7 Å². The molecule has 0 saturated carbocycles. The highest BCUT2D eigenvalue weighted by Crippen LogP contribution is 2.21. The third kappa shape index (κ3) is 2.85. The maximum Gasteiger partial charge on any atom is 0.310 e. The molecule has 1 saturated heterocycles. The van der Waals surface area contributed by atoms with E-state index in [0.29, 0.717) is 25.4 Å². The Bertz CT molecular complexity index is 675. The Balaban J connectivity index is 1.73. The van der Waals surface area contributed by atoms with Gasteiger partial charge in [0.05, 0.1) is 12.5 Å². The van der Waals surface area contributed by atoms with Crippen molar-refractivity contribution in [3.63, 3.8) is 0 Å². The fraction of sp³-hybridized carbons (Fsp3) is 0.533. The van der Waals surface area contributed by atoms with E-state index in [4.69, 9.17) is 4.74 Å². The Hall–Kier alpha value is -1.89. The van der Waals surface area contributed by atoms with Crippen LogP contribution in [0.5, 0.6) is 0 Å². The Morgan fingerprint density at radius 3 is 3.00 bits per heavy atom. The number of hydrogen-bond acceptors (Lipinski definition) is 5. The normalized spacial score (nSPS) is 18.6. The molecule has 22 heavy (non-hydrogen) atoms. The van der Waals surface area contributed by atoms with Gasteiger partial charge >= 0.3 is 5.97 Å². The molecule has 0 radical (unpaired) electrons. The van der Waals surface area contributed by atoms with Crippen LogP contribution in [0.15, 0.2) is 12.4 Å². The Morgan fingerprint density at radius 2 is 2.27 bits per heavy atom. The third-order valence-electron chi connectivity index (χ3n) is 3.82. The van der Waals surface area contributed by atoms with E-state index in [0.717, 1.165) is 22.7 Å². The number of carbonyl (C=O) groups is 2. The number of imidazole rings is 1. The van der Waals surface area contributed by atoms with Crippen LogP contribution in [0.4, 0.5) is 0 Å². The molecule has 3 heterocycles. The number of aromatic nitrogens is 2. The predicted octanol–water partition coefficient (Wildman–Crippen LogP) is 2.12. The SMILES string of the molecule is CCOC(=O)C1CCCN(C(=O)c2cn3cc(C)sc3n2)C1. The molecule has 1 amide bonds. The first-order valence-corrected chi connectivity index (χ1v) is 8.31. The number of aryl methyl sites for hydroxylation is 1. The first-order chi connectivity index (χ1) is 10.6. The topological polar surface area (TPSA) is 63.9 Å². The zero-order chi connectivity index (χ0) is 15.7. The van der Waals surface area contributed by atoms with E-state index < -0.39 is 0 Å². The molecule has 1 aliphatic rings. The Kier molecular flexibility index (Phi) is 4.15. The summed E-state index contributed by atoms with van der Waals surface area (Å²) in [4.78, 5) is 32.5. The van der Waals surface area contributed by atoms with Gasteiger partial charge in [0.1, 0.15) is 5.69 Å². The molecule has 2 aromatic rings. The summed E-state index contributed by atoms with van der Waals surface area (Å²) >= 11 is 1.56. The number of likely N-dealkylation sites (tertiary alicyclic amines) is 1. The quantitative estimate of drug-likeness (QED) is 0.812. The first kappa shape index (κ1) is 15.0. The number of ether oxygens (including phenoxy) is 1. The fourth-order valence-corrected chi connectivity index (χ4v) is 3.60.